The van der Waals surface area contributed by atoms with Gasteiger partial charge in [-0.25, -0.2) is 0 Å². The Morgan fingerprint density at radius 2 is 0.833 bits per heavy atom. The smallest absolute Gasteiger partial charge is 0.146 e. The van der Waals surface area contributed by atoms with Crippen molar-refractivity contribution in [2.45, 2.75) is 0 Å². The van der Waals surface area contributed by atoms with E-state index >= 15 is 0 Å². The highest BCUT2D eigenvalue weighted by atomic mass is 16.3. The van der Waals surface area contributed by atoms with E-state index in [0.717, 1.165) is 49.6 Å². The minimum Gasteiger partial charge on any atom is -0.463 e. The van der Waals surface area contributed by atoms with E-state index in [1.165, 1.54) is 49.4 Å². The van der Waals surface area contributed by atoms with Crippen molar-refractivity contribution in [2.24, 2.45) is 0 Å². The first-order valence-electron chi connectivity index (χ1n) is 16.3. The van der Waals surface area contributed by atoms with Crippen LogP contribution in [0, 0.1) is 0 Å². The van der Waals surface area contributed by atoms with Crippen LogP contribution in [0.2, 0.25) is 0 Å². The molecular formula is C46H28O2. The molecule has 0 saturated carbocycles. The third-order valence-electron chi connectivity index (χ3n) is 9.76. The summed E-state index contributed by atoms with van der Waals surface area (Å²) in [6.07, 6.45) is 1.86. The van der Waals surface area contributed by atoms with E-state index in [2.05, 4.69) is 158 Å². The van der Waals surface area contributed by atoms with Crippen LogP contribution in [0.3, 0.4) is 0 Å². The van der Waals surface area contributed by atoms with Crippen LogP contribution in [-0.2, 0) is 0 Å². The summed E-state index contributed by atoms with van der Waals surface area (Å²) in [6, 6.07) is 58.3. The molecule has 2 aromatic heterocycles. The van der Waals surface area contributed by atoms with Crippen LogP contribution in [-0.4, -0.2) is 0 Å². The van der Waals surface area contributed by atoms with E-state index in [-0.39, 0.29) is 0 Å². The van der Waals surface area contributed by atoms with Gasteiger partial charge in [0.1, 0.15) is 16.7 Å². The Morgan fingerprint density at radius 1 is 0.333 bits per heavy atom. The van der Waals surface area contributed by atoms with Gasteiger partial charge in [0.05, 0.1) is 11.6 Å². The van der Waals surface area contributed by atoms with Gasteiger partial charge in [-0.15, -0.1) is 0 Å². The zero-order valence-corrected chi connectivity index (χ0v) is 26.0. The largest absolute Gasteiger partial charge is 0.463 e. The quantitative estimate of drug-likeness (QED) is 0.185. The summed E-state index contributed by atoms with van der Waals surface area (Å²) in [5.41, 5.74) is 12.0. The monoisotopic (exact) mass is 612 g/mol. The molecule has 0 aliphatic carbocycles. The fourth-order valence-corrected chi connectivity index (χ4v) is 7.56. The minimum atomic E-state index is 0.827. The summed E-state index contributed by atoms with van der Waals surface area (Å²) >= 11 is 0. The lowest BCUT2D eigenvalue weighted by Gasteiger charge is -2.18. The third kappa shape index (κ3) is 4.06. The molecule has 0 aliphatic rings. The van der Waals surface area contributed by atoms with Gasteiger partial charge in [0.2, 0.25) is 0 Å². The van der Waals surface area contributed by atoms with Gasteiger partial charge in [-0.1, -0.05) is 140 Å². The van der Waals surface area contributed by atoms with Crippen molar-refractivity contribution < 1.29 is 8.83 Å². The van der Waals surface area contributed by atoms with Gasteiger partial charge in [0, 0.05) is 16.3 Å². The summed E-state index contributed by atoms with van der Waals surface area (Å²) < 4.78 is 12.8. The molecule has 224 valence electrons. The van der Waals surface area contributed by atoms with Crippen LogP contribution < -0.4 is 0 Å². The average molecular weight is 613 g/mol. The van der Waals surface area contributed by atoms with E-state index in [0.29, 0.717) is 0 Å². The maximum atomic E-state index is 6.54. The molecule has 10 rings (SSSR count). The molecular weight excluding hydrogens is 585 g/mol. The first-order chi connectivity index (χ1) is 23.8. The zero-order chi connectivity index (χ0) is 31.6. The van der Waals surface area contributed by atoms with Crippen molar-refractivity contribution in [3.05, 3.63) is 170 Å². The maximum absolute atomic E-state index is 6.54. The van der Waals surface area contributed by atoms with E-state index in [1.807, 2.05) is 12.3 Å². The van der Waals surface area contributed by atoms with E-state index in [1.54, 1.807) is 0 Å². The fraction of sp³-hybridized carbons (Fsp3) is 0. The Labute approximate surface area is 277 Å². The number of rotatable bonds is 4. The van der Waals surface area contributed by atoms with Crippen LogP contribution in [0.1, 0.15) is 0 Å². The Balaban J connectivity index is 1.17. The Kier molecular flexibility index (Phi) is 5.91. The Morgan fingerprint density at radius 3 is 1.48 bits per heavy atom. The molecule has 8 aromatic carbocycles. The first-order valence-corrected chi connectivity index (χ1v) is 16.3. The van der Waals surface area contributed by atoms with Crippen LogP contribution in [0.15, 0.2) is 179 Å². The number of hydrogen-bond acceptors (Lipinski definition) is 2. The first kappa shape index (κ1) is 26.8. The van der Waals surface area contributed by atoms with Crippen LogP contribution in [0.5, 0.6) is 0 Å². The molecule has 0 N–H and O–H groups in total. The topological polar surface area (TPSA) is 26.3 Å². The SMILES string of the molecule is c1ccc(-c2ccc(-c3c4ccccc4c(-c4ccc5c(c4)oc4ccc6c(-c7ccccc7)coc6c45)c4ccccc34)cc2)cc1. The third-order valence-corrected chi connectivity index (χ3v) is 9.76. The summed E-state index contributed by atoms with van der Waals surface area (Å²) in [5.74, 6) is 0. The second kappa shape index (κ2) is 10.6. The van der Waals surface area contributed by atoms with Crippen molar-refractivity contribution in [2.75, 3.05) is 0 Å². The maximum Gasteiger partial charge on any atom is 0.146 e. The molecule has 0 saturated heterocycles. The Hall–Kier alpha value is -6.38. The minimum absolute atomic E-state index is 0.827. The molecule has 0 spiro atoms. The summed E-state index contributed by atoms with van der Waals surface area (Å²) in [5, 5.41) is 8.05. The molecule has 0 bridgehead atoms. The van der Waals surface area contributed by atoms with Crippen LogP contribution in [0.25, 0.3) is 99.0 Å². The van der Waals surface area contributed by atoms with E-state index in [4.69, 9.17) is 8.83 Å². The fourth-order valence-electron chi connectivity index (χ4n) is 7.56. The number of benzene rings is 8. The molecule has 0 unspecified atom stereocenters. The number of fused-ring (bicyclic) bond motifs is 7. The molecule has 2 heteroatoms. The molecule has 2 nitrogen and oxygen atoms in total. The summed E-state index contributed by atoms with van der Waals surface area (Å²) in [6.45, 7) is 0. The van der Waals surface area contributed by atoms with Crippen molar-refractivity contribution in [3.63, 3.8) is 0 Å². The predicted octanol–water partition coefficient (Wildman–Crippen LogP) is 13.3. The van der Waals surface area contributed by atoms with Gasteiger partial charge in [-0.3, -0.25) is 0 Å². The van der Waals surface area contributed by atoms with Crippen LogP contribution >= 0.6 is 0 Å². The number of hydrogen-bond donors (Lipinski definition) is 0. The Bertz CT molecular complexity index is 2750. The average Bonchev–Trinajstić information content (AvgIpc) is 3.76. The molecule has 48 heavy (non-hydrogen) atoms. The molecule has 10 aromatic rings. The molecule has 0 atom stereocenters. The van der Waals surface area contributed by atoms with Crippen molar-refractivity contribution in [3.8, 4) is 44.5 Å². The van der Waals surface area contributed by atoms with E-state index in [9.17, 15) is 0 Å². The lowest BCUT2D eigenvalue weighted by Crippen LogP contribution is -1.91. The predicted molar refractivity (Wildman–Crippen MR) is 200 cm³/mol. The zero-order valence-electron chi connectivity index (χ0n) is 26.0. The summed E-state index contributed by atoms with van der Waals surface area (Å²) in [4.78, 5) is 0. The van der Waals surface area contributed by atoms with Crippen molar-refractivity contribution in [1.82, 2.24) is 0 Å². The van der Waals surface area contributed by atoms with Gasteiger partial charge in [0.25, 0.3) is 0 Å². The molecule has 0 radical (unpaired) electrons. The summed E-state index contributed by atoms with van der Waals surface area (Å²) in [7, 11) is 0. The molecule has 0 amide bonds. The highest BCUT2D eigenvalue weighted by Crippen LogP contribution is 2.46. The molecule has 0 aliphatic heterocycles. The second-order valence-corrected chi connectivity index (χ2v) is 12.4. The highest BCUT2D eigenvalue weighted by molar-refractivity contribution is 6.23. The van der Waals surface area contributed by atoms with Gasteiger partial charge in [-0.05, 0) is 84.8 Å². The van der Waals surface area contributed by atoms with Crippen molar-refractivity contribution in [1.29, 1.82) is 0 Å². The van der Waals surface area contributed by atoms with Gasteiger partial charge in [0.15, 0.2) is 0 Å². The van der Waals surface area contributed by atoms with Gasteiger partial charge >= 0.3 is 0 Å². The molecule has 2 heterocycles. The normalized spacial score (nSPS) is 11.8. The number of furan rings is 2. The standard InChI is InChI=1S/C46H28O2/c1-3-11-29(12-4-1)30-19-21-32(22-20-30)43-34-15-7-9-17-36(34)44(37-18-10-8-16-35(37)43)33-23-24-39-42(27-33)48-41-26-25-38-40(28-47-46(38)45(39)41)31-13-5-2-6-14-31/h1-28H. The van der Waals surface area contributed by atoms with Gasteiger partial charge in [-0.2, -0.15) is 0 Å². The lowest BCUT2D eigenvalue weighted by molar-refractivity contribution is 0.619. The molecule has 0 fully saturated rings. The van der Waals surface area contributed by atoms with Crippen LogP contribution in [0.4, 0.5) is 0 Å². The highest BCUT2D eigenvalue weighted by Gasteiger charge is 2.20. The lowest BCUT2D eigenvalue weighted by atomic mass is 9.85. The van der Waals surface area contributed by atoms with E-state index < -0.39 is 0 Å². The van der Waals surface area contributed by atoms with Crippen molar-refractivity contribution >= 4 is 54.5 Å². The second-order valence-electron chi connectivity index (χ2n) is 12.4. The van der Waals surface area contributed by atoms with Gasteiger partial charge < -0.3 is 8.83 Å².